The third-order valence-corrected chi connectivity index (χ3v) is 6.54. The number of fused-ring (bicyclic) bond motifs is 2. The van der Waals surface area contributed by atoms with Gasteiger partial charge >= 0.3 is 0 Å². The summed E-state index contributed by atoms with van der Waals surface area (Å²) in [5, 5.41) is 4.53. The first-order chi connectivity index (χ1) is 12.9. The van der Waals surface area contributed by atoms with Crippen LogP contribution in [0.1, 0.15) is 17.3 Å². The van der Waals surface area contributed by atoms with E-state index in [4.69, 9.17) is 0 Å². The van der Waals surface area contributed by atoms with Crippen LogP contribution in [0.5, 0.6) is 0 Å². The molecule has 1 N–H and O–H groups in total. The number of hydrogen-bond donors (Lipinski definition) is 1. The first kappa shape index (κ1) is 17.2. The van der Waals surface area contributed by atoms with Gasteiger partial charge in [0.25, 0.3) is 15.9 Å². The molecule has 0 aromatic heterocycles. The van der Waals surface area contributed by atoms with Crippen molar-refractivity contribution in [2.24, 2.45) is 0 Å². The van der Waals surface area contributed by atoms with E-state index in [1.165, 1.54) is 19.1 Å². The third-order valence-electron chi connectivity index (χ3n) is 4.63. The number of hydrogen-bond acceptors (Lipinski definition) is 4. The van der Waals surface area contributed by atoms with E-state index >= 15 is 0 Å². The second-order valence-electron chi connectivity index (χ2n) is 6.29. The third kappa shape index (κ3) is 2.67. The summed E-state index contributed by atoms with van der Waals surface area (Å²) < 4.78 is 26.1. The molecule has 27 heavy (non-hydrogen) atoms. The SMILES string of the molecule is C[C@@H](C(=O)Nc1cccc2ccccc12)N1C(=O)c2ccccc2S1(=O)=O. The van der Waals surface area contributed by atoms with Crippen LogP contribution >= 0.6 is 0 Å². The molecule has 0 bridgehead atoms. The van der Waals surface area contributed by atoms with Crippen molar-refractivity contribution in [3.8, 4) is 0 Å². The minimum Gasteiger partial charge on any atom is -0.324 e. The van der Waals surface area contributed by atoms with Crippen molar-refractivity contribution in [1.82, 2.24) is 4.31 Å². The Kier molecular flexibility index (Phi) is 3.96. The summed E-state index contributed by atoms with van der Waals surface area (Å²) in [5.41, 5.74) is 0.647. The van der Waals surface area contributed by atoms with Crippen molar-refractivity contribution in [3.05, 3.63) is 72.3 Å². The summed E-state index contributed by atoms with van der Waals surface area (Å²) in [6.45, 7) is 1.40. The maximum atomic E-state index is 12.8. The normalized spacial score (nSPS) is 16.2. The van der Waals surface area contributed by atoms with Gasteiger partial charge in [0.05, 0.1) is 5.56 Å². The average Bonchev–Trinajstić information content (AvgIpc) is 2.88. The van der Waals surface area contributed by atoms with Gasteiger partial charge in [-0.2, -0.15) is 0 Å². The van der Waals surface area contributed by atoms with Crippen LogP contribution in [-0.2, 0) is 14.8 Å². The summed E-state index contributed by atoms with van der Waals surface area (Å²) in [5.74, 6) is -1.26. The highest BCUT2D eigenvalue weighted by Gasteiger charge is 2.45. The first-order valence-corrected chi connectivity index (χ1v) is 9.81. The van der Waals surface area contributed by atoms with Gasteiger partial charge in [-0.1, -0.05) is 48.5 Å². The Morgan fingerprint density at radius 1 is 0.963 bits per heavy atom. The number of nitrogens with one attached hydrogen (secondary N) is 1. The second kappa shape index (κ2) is 6.21. The van der Waals surface area contributed by atoms with Crippen LogP contribution in [0, 0.1) is 0 Å². The van der Waals surface area contributed by atoms with Crippen molar-refractivity contribution in [2.45, 2.75) is 17.9 Å². The van der Waals surface area contributed by atoms with Crippen LogP contribution in [0.25, 0.3) is 10.8 Å². The van der Waals surface area contributed by atoms with Crippen LogP contribution in [0.2, 0.25) is 0 Å². The summed E-state index contributed by atoms with van der Waals surface area (Å²) >= 11 is 0. The van der Waals surface area contributed by atoms with Gasteiger partial charge in [0, 0.05) is 11.1 Å². The van der Waals surface area contributed by atoms with E-state index in [2.05, 4.69) is 5.32 Å². The molecular weight excluding hydrogens is 364 g/mol. The molecule has 1 aliphatic rings. The summed E-state index contributed by atoms with van der Waals surface area (Å²) in [6, 6.07) is 17.8. The molecule has 6 nitrogen and oxygen atoms in total. The molecule has 3 aromatic rings. The van der Waals surface area contributed by atoms with E-state index in [1.54, 1.807) is 24.3 Å². The number of rotatable bonds is 3. The monoisotopic (exact) mass is 380 g/mol. The van der Waals surface area contributed by atoms with Crippen molar-refractivity contribution in [3.63, 3.8) is 0 Å². The molecule has 1 aliphatic heterocycles. The van der Waals surface area contributed by atoms with E-state index in [-0.39, 0.29) is 10.5 Å². The molecule has 4 rings (SSSR count). The zero-order valence-electron chi connectivity index (χ0n) is 14.4. The fraction of sp³-hybridized carbons (Fsp3) is 0.100. The topological polar surface area (TPSA) is 83.6 Å². The van der Waals surface area contributed by atoms with Gasteiger partial charge in [0.2, 0.25) is 5.91 Å². The number of benzene rings is 3. The first-order valence-electron chi connectivity index (χ1n) is 8.37. The minimum atomic E-state index is -4.05. The zero-order chi connectivity index (χ0) is 19.2. The maximum Gasteiger partial charge on any atom is 0.269 e. The Morgan fingerprint density at radius 2 is 1.63 bits per heavy atom. The Bertz CT molecular complexity index is 1180. The van der Waals surface area contributed by atoms with E-state index in [1.807, 2.05) is 30.3 Å². The maximum absolute atomic E-state index is 12.8. The molecule has 3 aromatic carbocycles. The van der Waals surface area contributed by atoms with Crippen LogP contribution < -0.4 is 5.32 Å². The lowest BCUT2D eigenvalue weighted by atomic mass is 10.1. The summed E-state index contributed by atoms with van der Waals surface area (Å²) in [7, 11) is -4.05. The molecule has 0 fully saturated rings. The van der Waals surface area contributed by atoms with Crippen molar-refractivity contribution >= 4 is 38.3 Å². The molecule has 136 valence electrons. The van der Waals surface area contributed by atoms with Gasteiger partial charge in [-0.3, -0.25) is 9.59 Å². The van der Waals surface area contributed by atoms with Crippen LogP contribution in [0.3, 0.4) is 0 Å². The molecule has 7 heteroatoms. The molecular formula is C20H16N2O4S. The predicted molar refractivity (Wildman–Crippen MR) is 102 cm³/mol. The van der Waals surface area contributed by atoms with E-state index < -0.39 is 27.9 Å². The standard InChI is InChI=1S/C20H16N2O4S/c1-13(22-20(24)16-10-4-5-12-18(16)27(22,25)26)19(23)21-17-11-6-8-14-7-2-3-9-15(14)17/h2-13H,1H3,(H,21,23)/t13-/m0/s1. The highest BCUT2D eigenvalue weighted by Crippen LogP contribution is 2.32. The van der Waals surface area contributed by atoms with Gasteiger partial charge in [-0.05, 0) is 30.5 Å². The highest BCUT2D eigenvalue weighted by molar-refractivity contribution is 7.90. The summed E-state index contributed by atoms with van der Waals surface area (Å²) in [6.07, 6.45) is 0. The number of sulfonamides is 1. The number of carbonyl (C=O) groups excluding carboxylic acids is 2. The Morgan fingerprint density at radius 3 is 2.41 bits per heavy atom. The quantitative estimate of drug-likeness (QED) is 0.757. The molecule has 1 heterocycles. The minimum absolute atomic E-state index is 0.0696. The molecule has 0 saturated heterocycles. The Hall–Kier alpha value is -3.19. The lowest BCUT2D eigenvalue weighted by molar-refractivity contribution is -0.118. The number of nitrogens with zero attached hydrogens (tertiary/aromatic N) is 1. The Labute approximate surface area is 156 Å². The lowest BCUT2D eigenvalue weighted by Gasteiger charge is -2.22. The summed E-state index contributed by atoms with van der Waals surface area (Å²) in [4.78, 5) is 25.3. The van der Waals surface area contributed by atoms with Crippen molar-refractivity contribution in [2.75, 3.05) is 5.32 Å². The van der Waals surface area contributed by atoms with Crippen molar-refractivity contribution < 1.29 is 18.0 Å². The molecule has 0 saturated carbocycles. The zero-order valence-corrected chi connectivity index (χ0v) is 15.2. The van der Waals surface area contributed by atoms with Gasteiger partial charge in [0.1, 0.15) is 10.9 Å². The van der Waals surface area contributed by atoms with E-state index in [9.17, 15) is 18.0 Å². The molecule has 0 radical (unpaired) electrons. The highest BCUT2D eigenvalue weighted by atomic mass is 32.2. The van der Waals surface area contributed by atoms with E-state index in [0.717, 1.165) is 10.8 Å². The number of amides is 2. The Balaban J connectivity index is 1.66. The predicted octanol–water partition coefficient (Wildman–Crippen LogP) is 3.01. The fourth-order valence-corrected chi connectivity index (χ4v) is 4.99. The fourth-order valence-electron chi connectivity index (χ4n) is 3.26. The average molecular weight is 380 g/mol. The molecule has 1 atom stereocenters. The molecule has 0 spiro atoms. The second-order valence-corrected chi connectivity index (χ2v) is 8.08. The molecule has 0 aliphatic carbocycles. The molecule has 2 amide bonds. The van der Waals surface area contributed by atoms with Gasteiger partial charge in [-0.15, -0.1) is 0 Å². The van der Waals surface area contributed by atoms with Crippen LogP contribution in [0.15, 0.2) is 71.6 Å². The lowest BCUT2D eigenvalue weighted by Crippen LogP contribution is -2.45. The molecule has 0 unspecified atom stereocenters. The smallest absolute Gasteiger partial charge is 0.269 e. The van der Waals surface area contributed by atoms with Crippen LogP contribution in [-0.4, -0.2) is 30.6 Å². The van der Waals surface area contributed by atoms with Gasteiger partial charge in [-0.25, -0.2) is 12.7 Å². The largest absolute Gasteiger partial charge is 0.324 e. The van der Waals surface area contributed by atoms with Gasteiger partial charge in [0.15, 0.2) is 0 Å². The number of anilines is 1. The van der Waals surface area contributed by atoms with E-state index in [0.29, 0.717) is 9.99 Å². The van der Waals surface area contributed by atoms with Gasteiger partial charge < -0.3 is 5.32 Å². The number of carbonyl (C=O) groups is 2. The van der Waals surface area contributed by atoms with Crippen molar-refractivity contribution in [1.29, 1.82) is 0 Å². The van der Waals surface area contributed by atoms with Crippen LogP contribution in [0.4, 0.5) is 5.69 Å².